The van der Waals surface area contributed by atoms with E-state index in [1.54, 1.807) is 0 Å². The highest BCUT2D eigenvalue weighted by Gasteiger charge is 2.17. The van der Waals surface area contributed by atoms with Crippen LogP contribution in [0.15, 0.2) is 28.7 Å². The molecule has 2 rings (SSSR count). The highest BCUT2D eigenvalue weighted by molar-refractivity contribution is 9.10. The summed E-state index contributed by atoms with van der Waals surface area (Å²) in [5.74, 6) is 0.433. The third-order valence-electron chi connectivity index (χ3n) is 2.70. The van der Waals surface area contributed by atoms with E-state index in [0.29, 0.717) is 5.92 Å². The van der Waals surface area contributed by atoms with Crippen LogP contribution in [0.4, 0.5) is 0 Å². The minimum absolute atomic E-state index is 0.433. The van der Waals surface area contributed by atoms with Gasteiger partial charge in [0, 0.05) is 17.6 Å². The normalized spacial score (nSPS) is 11.2. The van der Waals surface area contributed by atoms with Crippen LogP contribution in [-0.2, 0) is 7.05 Å². The molecule has 4 heteroatoms. The zero-order chi connectivity index (χ0) is 12.6. The molecular formula is C13H14BrClN2. The van der Waals surface area contributed by atoms with Crippen LogP contribution in [-0.4, -0.2) is 9.78 Å². The SMILES string of the molecule is CC(C)c1c(Br)c(-c2ccc(Cl)cc2)nn1C. The van der Waals surface area contributed by atoms with Gasteiger partial charge in [-0.1, -0.05) is 37.6 Å². The van der Waals surface area contributed by atoms with Crippen molar-refractivity contribution in [2.75, 3.05) is 0 Å². The maximum atomic E-state index is 5.89. The van der Waals surface area contributed by atoms with E-state index in [-0.39, 0.29) is 0 Å². The molecule has 1 heterocycles. The summed E-state index contributed by atoms with van der Waals surface area (Å²) in [6.45, 7) is 4.32. The zero-order valence-electron chi connectivity index (χ0n) is 10.0. The Hall–Kier alpha value is -0.800. The van der Waals surface area contributed by atoms with Gasteiger partial charge in [-0.3, -0.25) is 4.68 Å². The molecule has 0 aliphatic rings. The first-order valence-electron chi connectivity index (χ1n) is 5.49. The van der Waals surface area contributed by atoms with Gasteiger partial charge in [-0.25, -0.2) is 0 Å². The molecule has 2 aromatic rings. The highest BCUT2D eigenvalue weighted by atomic mass is 79.9. The van der Waals surface area contributed by atoms with Crippen LogP contribution in [0.3, 0.4) is 0 Å². The molecule has 0 radical (unpaired) electrons. The molecule has 1 aromatic heterocycles. The number of nitrogens with zero attached hydrogens (tertiary/aromatic N) is 2. The van der Waals surface area contributed by atoms with Crippen LogP contribution in [0.5, 0.6) is 0 Å². The second-order valence-corrected chi connectivity index (χ2v) is 5.56. The Morgan fingerprint density at radius 2 is 1.82 bits per heavy atom. The number of halogens is 2. The molecule has 17 heavy (non-hydrogen) atoms. The number of rotatable bonds is 2. The lowest BCUT2D eigenvalue weighted by Gasteiger charge is -2.05. The Morgan fingerprint density at radius 1 is 1.24 bits per heavy atom. The van der Waals surface area contributed by atoms with E-state index in [0.717, 1.165) is 20.8 Å². The van der Waals surface area contributed by atoms with Crippen molar-refractivity contribution in [1.29, 1.82) is 0 Å². The number of hydrogen-bond donors (Lipinski definition) is 0. The van der Waals surface area contributed by atoms with Crippen molar-refractivity contribution in [3.8, 4) is 11.3 Å². The van der Waals surface area contributed by atoms with Gasteiger partial charge in [0.15, 0.2) is 0 Å². The Labute approximate surface area is 115 Å². The monoisotopic (exact) mass is 312 g/mol. The van der Waals surface area contributed by atoms with Crippen molar-refractivity contribution in [3.05, 3.63) is 39.5 Å². The molecule has 0 fully saturated rings. The van der Waals surface area contributed by atoms with E-state index in [2.05, 4.69) is 34.9 Å². The predicted molar refractivity (Wildman–Crippen MR) is 75.4 cm³/mol. The molecule has 0 bridgehead atoms. The summed E-state index contributed by atoms with van der Waals surface area (Å²) in [5.41, 5.74) is 3.24. The summed E-state index contributed by atoms with van der Waals surface area (Å²) in [6.07, 6.45) is 0. The summed E-state index contributed by atoms with van der Waals surface area (Å²) in [6, 6.07) is 7.74. The summed E-state index contributed by atoms with van der Waals surface area (Å²) in [7, 11) is 1.97. The summed E-state index contributed by atoms with van der Waals surface area (Å²) in [4.78, 5) is 0. The van der Waals surface area contributed by atoms with Gasteiger partial charge < -0.3 is 0 Å². The van der Waals surface area contributed by atoms with Crippen LogP contribution in [0.25, 0.3) is 11.3 Å². The topological polar surface area (TPSA) is 17.8 Å². The molecule has 0 spiro atoms. The number of hydrogen-bond acceptors (Lipinski definition) is 1. The second-order valence-electron chi connectivity index (χ2n) is 4.33. The van der Waals surface area contributed by atoms with Crippen molar-refractivity contribution in [1.82, 2.24) is 9.78 Å². The van der Waals surface area contributed by atoms with Gasteiger partial charge in [0.2, 0.25) is 0 Å². The molecular weight excluding hydrogens is 300 g/mol. The average Bonchev–Trinajstić information content (AvgIpc) is 2.55. The minimum atomic E-state index is 0.433. The van der Waals surface area contributed by atoms with Gasteiger partial charge in [0.1, 0.15) is 5.69 Å². The lowest BCUT2D eigenvalue weighted by atomic mass is 10.1. The molecule has 0 amide bonds. The minimum Gasteiger partial charge on any atom is -0.271 e. The van der Waals surface area contributed by atoms with E-state index in [1.165, 1.54) is 5.69 Å². The molecule has 1 aromatic carbocycles. The Bertz CT molecular complexity index is 529. The first kappa shape index (κ1) is 12.7. The number of aryl methyl sites for hydroxylation is 1. The predicted octanol–water partition coefficient (Wildman–Crippen LogP) is 4.63. The zero-order valence-corrected chi connectivity index (χ0v) is 12.4. The lowest BCUT2D eigenvalue weighted by molar-refractivity contribution is 0.668. The fraction of sp³-hybridized carbons (Fsp3) is 0.308. The van der Waals surface area contributed by atoms with Gasteiger partial charge >= 0.3 is 0 Å². The van der Waals surface area contributed by atoms with E-state index in [1.807, 2.05) is 36.0 Å². The van der Waals surface area contributed by atoms with Crippen LogP contribution in [0.2, 0.25) is 5.02 Å². The van der Waals surface area contributed by atoms with Crippen molar-refractivity contribution in [2.24, 2.45) is 7.05 Å². The second kappa shape index (κ2) is 4.83. The summed E-state index contributed by atoms with van der Waals surface area (Å²) < 4.78 is 3.00. The van der Waals surface area contributed by atoms with E-state index >= 15 is 0 Å². The molecule has 0 atom stereocenters. The van der Waals surface area contributed by atoms with Crippen molar-refractivity contribution < 1.29 is 0 Å². The molecule has 0 N–H and O–H groups in total. The highest BCUT2D eigenvalue weighted by Crippen LogP contribution is 2.34. The summed E-state index contributed by atoms with van der Waals surface area (Å²) >= 11 is 9.53. The smallest absolute Gasteiger partial charge is 0.107 e. The van der Waals surface area contributed by atoms with Crippen molar-refractivity contribution in [2.45, 2.75) is 19.8 Å². The Morgan fingerprint density at radius 3 is 2.29 bits per heavy atom. The fourth-order valence-corrected chi connectivity index (χ4v) is 3.08. The lowest BCUT2D eigenvalue weighted by Crippen LogP contribution is -1.99. The molecule has 0 aliphatic carbocycles. The molecule has 0 unspecified atom stereocenters. The van der Waals surface area contributed by atoms with Crippen LogP contribution in [0.1, 0.15) is 25.5 Å². The van der Waals surface area contributed by atoms with Gasteiger partial charge in [-0.05, 0) is 34.0 Å². The van der Waals surface area contributed by atoms with Crippen LogP contribution in [0, 0.1) is 0 Å². The third kappa shape index (κ3) is 2.40. The molecule has 2 nitrogen and oxygen atoms in total. The van der Waals surface area contributed by atoms with E-state index < -0.39 is 0 Å². The summed E-state index contributed by atoms with van der Waals surface area (Å²) in [5, 5.41) is 5.30. The number of benzene rings is 1. The quantitative estimate of drug-likeness (QED) is 0.790. The molecule has 0 saturated heterocycles. The first-order valence-corrected chi connectivity index (χ1v) is 6.66. The number of aromatic nitrogens is 2. The van der Waals surface area contributed by atoms with Gasteiger partial charge in [-0.15, -0.1) is 0 Å². The Kier molecular flexibility index (Phi) is 3.59. The largest absolute Gasteiger partial charge is 0.271 e. The standard InChI is InChI=1S/C13H14BrClN2/c1-8(2)13-11(14)12(16-17(13)3)9-4-6-10(15)7-5-9/h4-8H,1-3H3. The van der Waals surface area contributed by atoms with Crippen LogP contribution >= 0.6 is 27.5 Å². The maximum Gasteiger partial charge on any atom is 0.107 e. The van der Waals surface area contributed by atoms with Crippen LogP contribution < -0.4 is 0 Å². The van der Waals surface area contributed by atoms with Crippen molar-refractivity contribution >= 4 is 27.5 Å². The molecule has 0 saturated carbocycles. The van der Waals surface area contributed by atoms with Crippen molar-refractivity contribution in [3.63, 3.8) is 0 Å². The Balaban J connectivity index is 2.53. The fourth-order valence-electron chi connectivity index (χ4n) is 1.93. The molecule has 0 aliphatic heterocycles. The third-order valence-corrected chi connectivity index (χ3v) is 3.73. The molecule has 90 valence electrons. The average molecular weight is 314 g/mol. The van der Waals surface area contributed by atoms with Gasteiger partial charge in [-0.2, -0.15) is 5.10 Å². The first-order chi connectivity index (χ1) is 8.00. The van der Waals surface area contributed by atoms with Gasteiger partial charge in [0.05, 0.1) is 10.2 Å². The maximum absolute atomic E-state index is 5.89. The van der Waals surface area contributed by atoms with E-state index in [4.69, 9.17) is 11.6 Å². The van der Waals surface area contributed by atoms with E-state index in [9.17, 15) is 0 Å². The van der Waals surface area contributed by atoms with Gasteiger partial charge in [0.25, 0.3) is 0 Å².